The van der Waals surface area contributed by atoms with E-state index in [-0.39, 0.29) is 11.5 Å². The number of nitrogens with zero attached hydrogens (tertiary/aromatic N) is 4. The van der Waals surface area contributed by atoms with Gasteiger partial charge < -0.3 is 15.1 Å². The van der Waals surface area contributed by atoms with E-state index in [9.17, 15) is 9.18 Å². The van der Waals surface area contributed by atoms with Crippen LogP contribution in [0.15, 0.2) is 60.7 Å². The van der Waals surface area contributed by atoms with Gasteiger partial charge in [0.15, 0.2) is 11.6 Å². The van der Waals surface area contributed by atoms with Crippen LogP contribution in [0, 0.1) is 12.7 Å². The van der Waals surface area contributed by atoms with Crippen molar-refractivity contribution in [1.82, 2.24) is 15.1 Å². The van der Waals surface area contributed by atoms with Crippen LogP contribution >= 0.6 is 0 Å². The molecule has 0 bridgehead atoms. The fraction of sp³-hybridized carbons (Fsp3) is 0.227. The summed E-state index contributed by atoms with van der Waals surface area (Å²) in [5.74, 6) is 0.678. The Morgan fingerprint density at radius 2 is 1.66 bits per heavy atom. The van der Waals surface area contributed by atoms with Gasteiger partial charge in [-0.15, -0.1) is 10.2 Å². The Morgan fingerprint density at radius 3 is 2.31 bits per heavy atom. The number of carbonyl (C=O) groups is 1. The number of aryl methyl sites for hydroxylation is 1. The zero-order chi connectivity index (χ0) is 20.2. The first-order chi connectivity index (χ1) is 14.1. The molecule has 0 spiro atoms. The second-order valence-electron chi connectivity index (χ2n) is 7.03. The van der Waals surface area contributed by atoms with Gasteiger partial charge in [-0.25, -0.2) is 4.39 Å². The largest absolute Gasteiger partial charge is 0.352 e. The lowest BCUT2D eigenvalue weighted by molar-refractivity contribution is 0.0742. The maximum atomic E-state index is 13.9. The molecular weight excluding hydrogens is 369 g/mol. The van der Waals surface area contributed by atoms with Crippen LogP contribution in [0.25, 0.3) is 0 Å². The molecule has 2 aromatic carbocycles. The summed E-state index contributed by atoms with van der Waals surface area (Å²) in [7, 11) is 0. The van der Waals surface area contributed by atoms with Gasteiger partial charge in [-0.05, 0) is 43.3 Å². The molecule has 4 rings (SSSR count). The molecule has 0 radical (unpaired) electrons. The van der Waals surface area contributed by atoms with Crippen molar-refractivity contribution in [2.75, 3.05) is 36.4 Å². The first kappa shape index (κ1) is 18.9. The van der Waals surface area contributed by atoms with Crippen LogP contribution in [0.2, 0.25) is 0 Å². The highest BCUT2D eigenvalue weighted by Crippen LogP contribution is 2.19. The lowest BCUT2D eigenvalue weighted by atomic mass is 10.1. The number of nitrogens with one attached hydrogen (secondary N) is 1. The Bertz CT molecular complexity index is 983. The molecule has 7 heteroatoms. The number of amides is 1. The van der Waals surface area contributed by atoms with Crippen LogP contribution in [-0.4, -0.2) is 47.2 Å². The molecule has 1 fully saturated rings. The summed E-state index contributed by atoms with van der Waals surface area (Å²) in [5.41, 5.74) is 2.27. The van der Waals surface area contributed by atoms with Gasteiger partial charge in [0.2, 0.25) is 0 Å². The van der Waals surface area contributed by atoms with Gasteiger partial charge in [0.25, 0.3) is 5.91 Å². The quantitative estimate of drug-likeness (QED) is 0.736. The number of carbonyl (C=O) groups excluding carboxylic acids is 1. The minimum Gasteiger partial charge on any atom is -0.352 e. The molecule has 1 aliphatic heterocycles. The van der Waals surface area contributed by atoms with Gasteiger partial charge in [-0.1, -0.05) is 29.8 Å². The van der Waals surface area contributed by atoms with Gasteiger partial charge in [-0.2, -0.15) is 0 Å². The number of benzene rings is 2. The summed E-state index contributed by atoms with van der Waals surface area (Å²) in [6, 6.07) is 18.0. The van der Waals surface area contributed by atoms with Crippen LogP contribution in [0.4, 0.5) is 21.7 Å². The van der Waals surface area contributed by atoms with E-state index in [1.54, 1.807) is 17.0 Å². The fourth-order valence-corrected chi connectivity index (χ4v) is 3.29. The number of hydrogen-bond donors (Lipinski definition) is 1. The summed E-state index contributed by atoms with van der Waals surface area (Å²) in [6.07, 6.45) is 0. The molecule has 2 heterocycles. The van der Waals surface area contributed by atoms with Gasteiger partial charge in [0.05, 0.1) is 5.56 Å². The van der Waals surface area contributed by atoms with Crippen LogP contribution in [0.3, 0.4) is 0 Å². The number of anilines is 3. The second kappa shape index (κ2) is 8.26. The number of halogens is 1. The molecule has 6 nitrogen and oxygen atoms in total. The average Bonchev–Trinajstić information content (AvgIpc) is 2.76. The standard InChI is InChI=1S/C22H22FN5O/c1-16-6-8-17(9-7-16)24-20-10-11-21(26-25-20)27-12-14-28(15-13-27)22(29)18-4-2-3-5-19(18)23/h2-11H,12-15H2,1H3,(H,24,25). The third kappa shape index (κ3) is 4.34. The van der Waals surface area contributed by atoms with Crippen molar-refractivity contribution >= 4 is 23.2 Å². The summed E-state index contributed by atoms with van der Waals surface area (Å²) in [5, 5.41) is 11.8. The van der Waals surface area contributed by atoms with Crippen LogP contribution in [-0.2, 0) is 0 Å². The molecule has 0 saturated carbocycles. The van der Waals surface area contributed by atoms with Crippen LogP contribution in [0.5, 0.6) is 0 Å². The van der Waals surface area contributed by atoms with Crippen molar-refractivity contribution in [2.45, 2.75) is 6.92 Å². The van der Waals surface area contributed by atoms with E-state index < -0.39 is 5.82 Å². The van der Waals surface area contributed by atoms with Crippen molar-refractivity contribution in [1.29, 1.82) is 0 Å². The highest BCUT2D eigenvalue weighted by atomic mass is 19.1. The molecule has 1 saturated heterocycles. The molecular formula is C22H22FN5O. The van der Waals surface area contributed by atoms with Crippen molar-refractivity contribution in [2.24, 2.45) is 0 Å². The summed E-state index contributed by atoms with van der Waals surface area (Å²) < 4.78 is 13.9. The van der Waals surface area contributed by atoms with E-state index in [0.717, 1.165) is 11.5 Å². The van der Waals surface area contributed by atoms with Gasteiger partial charge in [0, 0.05) is 31.9 Å². The van der Waals surface area contributed by atoms with E-state index in [4.69, 9.17) is 0 Å². The Hall–Kier alpha value is -3.48. The van der Waals surface area contributed by atoms with Gasteiger partial charge in [0.1, 0.15) is 5.82 Å². The first-order valence-electron chi connectivity index (χ1n) is 9.56. The number of rotatable bonds is 4. The third-order valence-corrected chi connectivity index (χ3v) is 4.97. The van der Waals surface area contributed by atoms with Crippen molar-refractivity contribution in [3.05, 3.63) is 77.6 Å². The fourth-order valence-electron chi connectivity index (χ4n) is 3.29. The lowest BCUT2D eigenvalue weighted by Gasteiger charge is -2.35. The van der Waals surface area contributed by atoms with Gasteiger partial charge in [-0.3, -0.25) is 4.79 Å². The molecule has 3 aromatic rings. The molecule has 1 aliphatic rings. The maximum Gasteiger partial charge on any atom is 0.256 e. The normalized spacial score (nSPS) is 14.0. The third-order valence-electron chi connectivity index (χ3n) is 4.97. The molecule has 148 valence electrons. The van der Waals surface area contributed by atoms with E-state index in [2.05, 4.69) is 20.4 Å². The van der Waals surface area contributed by atoms with Crippen molar-refractivity contribution < 1.29 is 9.18 Å². The molecule has 0 atom stereocenters. The smallest absolute Gasteiger partial charge is 0.256 e. The lowest BCUT2D eigenvalue weighted by Crippen LogP contribution is -2.49. The average molecular weight is 391 g/mol. The van der Waals surface area contributed by atoms with Crippen LogP contribution < -0.4 is 10.2 Å². The molecule has 0 aliphatic carbocycles. The minimum atomic E-state index is -0.484. The van der Waals surface area contributed by atoms with E-state index in [1.165, 1.54) is 17.7 Å². The highest BCUT2D eigenvalue weighted by Gasteiger charge is 2.24. The predicted octanol–water partition coefficient (Wildman–Crippen LogP) is 3.63. The zero-order valence-electron chi connectivity index (χ0n) is 16.2. The minimum absolute atomic E-state index is 0.118. The maximum absolute atomic E-state index is 13.9. The molecule has 1 aromatic heterocycles. The van der Waals surface area contributed by atoms with E-state index >= 15 is 0 Å². The Balaban J connectivity index is 1.35. The SMILES string of the molecule is Cc1ccc(Nc2ccc(N3CCN(C(=O)c4ccccc4F)CC3)nn2)cc1. The summed E-state index contributed by atoms with van der Waals surface area (Å²) in [6.45, 7) is 4.32. The summed E-state index contributed by atoms with van der Waals surface area (Å²) >= 11 is 0. The zero-order valence-corrected chi connectivity index (χ0v) is 16.2. The molecule has 0 unspecified atom stereocenters. The van der Waals surface area contributed by atoms with Crippen molar-refractivity contribution in [3.8, 4) is 0 Å². The topological polar surface area (TPSA) is 61.4 Å². The number of hydrogen-bond acceptors (Lipinski definition) is 5. The molecule has 29 heavy (non-hydrogen) atoms. The Morgan fingerprint density at radius 1 is 0.931 bits per heavy atom. The van der Waals surface area contributed by atoms with E-state index in [0.29, 0.717) is 32.0 Å². The van der Waals surface area contributed by atoms with Gasteiger partial charge >= 0.3 is 0 Å². The number of aromatic nitrogens is 2. The Labute approximate surface area is 169 Å². The molecule has 1 amide bonds. The highest BCUT2D eigenvalue weighted by molar-refractivity contribution is 5.94. The van der Waals surface area contributed by atoms with Crippen LogP contribution in [0.1, 0.15) is 15.9 Å². The van der Waals surface area contributed by atoms with Crippen molar-refractivity contribution in [3.63, 3.8) is 0 Å². The summed E-state index contributed by atoms with van der Waals surface area (Å²) in [4.78, 5) is 16.3. The predicted molar refractivity (Wildman–Crippen MR) is 111 cm³/mol. The Kier molecular flexibility index (Phi) is 5.37. The first-order valence-corrected chi connectivity index (χ1v) is 9.56. The monoisotopic (exact) mass is 391 g/mol. The second-order valence-corrected chi connectivity index (χ2v) is 7.03. The molecule has 1 N–H and O–H groups in total. The number of piperazine rings is 1. The van der Waals surface area contributed by atoms with E-state index in [1.807, 2.05) is 43.3 Å².